The molecule has 0 aromatic rings. The van der Waals surface area contributed by atoms with Gasteiger partial charge in [0.15, 0.2) is 19.7 Å². The van der Waals surface area contributed by atoms with E-state index >= 15 is 0 Å². The molecule has 6 nitrogen and oxygen atoms in total. The second kappa shape index (κ2) is 4.99. The van der Waals surface area contributed by atoms with Gasteiger partial charge in [0.1, 0.15) is 0 Å². The topological polar surface area (TPSA) is 120 Å². The van der Waals surface area contributed by atoms with Crippen molar-refractivity contribution in [3.8, 4) is 0 Å². The van der Waals surface area contributed by atoms with Crippen LogP contribution in [0.4, 0.5) is 0 Å². The van der Waals surface area contributed by atoms with Gasteiger partial charge in [-0.05, 0) is 12.8 Å². The molecule has 16 heavy (non-hydrogen) atoms. The molecule has 96 valence electrons. The molecule has 0 aromatic heterocycles. The first kappa shape index (κ1) is 13.9. The smallest absolute Gasteiger partial charge is 0.151 e. The van der Waals surface area contributed by atoms with Gasteiger partial charge < -0.3 is 11.5 Å². The quantitative estimate of drug-likeness (QED) is 0.539. The summed E-state index contributed by atoms with van der Waals surface area (Å²) in [5.74, 6) is 0.947. The molecule has 0 saturated carbocycles. The minimum absolute atomic E-state index is 0.0972. The Morgan fingerprint density at radius 1 is 0.750 bits per heavy atom. The zero-order valence-corrected chi connectivity index (χ0v) is 10.6. The van der Waals surface area contributed by atoms with Crippen LogP contribution < -0.4 is 11.5 Å². The Labute approximate surface area is 96.2 Å². The Morgan fingerprint density at radius 3 is 1.12 bits per heavy atom. The lowest BCUT2D eigenvalue weighted by atomic mass is 10.3. The Hall–Kier alpha value is -0.180. The van der Waals surface area contributed by atoms with E-state index in [1.807, 2.05) is 0 Å². The van der Waals surface area contributed by atoms with Crippen LogP contribution in [-0.4, -0.2) is 51.9 Å². The minimum atomic E-state index is -2.72. The SMILES string of the molecule is NC1CCS(=O)(=O)C1.NC1CCS(=O)(=O)C1. The van der Waals surface area contributed by atoms with Gasteiger partial charge in [-0.3, -0.25) is 0 Å². The molecule has 2 fully saturated rings. The highest BCUT2D eigenvalue weighted by Gasteiger charge is 2.24. The number of sulfone groups is 2. The molecule has 8 heteroatoms. The van der Waals surface area contributed by atoms with Crippen molar-refractivity contribution in [3.05, 3.63) is 0 Å². The molecule has 0 radical (unpaired) electrons. The predicted molar refractivity (Wildman–Crippen MR) is 62.5 cm³/mol. The summed E-state index contributed by atoms with van der Waals surface area (Å²) in [6, 6.07) is -0.194. The first-order valence-corrected chi connectivity index (χ1v) is 8.76. The fourth-order valence-electron chi connectivity index (χ4n) is 1.65. The highest BCUT2D eigenvalue weighted by Crippen LogP contribution is 2.08. The van der Waals surface area contributed by atoms with Crippen LogP contribution in [0.25, 0.3) is 0 Å². The van der Waals surface area contributed by atoms with E-state index in [4.69, 9.17) is 11.5 Å². The van der Waals surface area contributed by atoms with Crippen LogP contribution in [0, 0.1) is 0 Å². The standard InChI is InChI=1S/2C4H9NO2S/c2*5-4-1-2-8(6,7)3-4/h2*4H,1-3,5H2. The van der Waals surface area contributed by atoms with E-state index in [0.29, 0.717) is 12.8 Å². The normalized spacial score (nSPS) is 35.4. The lowest BCUT2D eigenvalue weighted by Crippen LogP contribution is -2.20. The molecule has 2 unspecified atom stereocenters. The maximum absolute atomic E-state index is 10.6. The van der Waals surface area contributed by atoms with Crippen LogP contribution in [-0.2, 0) is 19.7 Å². The zero-order chi connectivity index (χ0) is 12.4. The van der Waals surface area contributed by atoms with Gasteiger partial charge in [0.05, 0.1) is 23.0 Å². The molecule has 0 bridgehead atoms. The van der Waals surface area contributed by atoms with Crippen molar-refractivity contribution < 1.29 is 16.8 Å². The van der Waals surface area contributed by atoms with Gasteiger partial charge in [-0.1, -0.05) is 0 Å². The number of hydrogen-bond donors (Lipinski definition) is 2. The summed E-state index contributed by atoms with van der Waals surface area (Å²) in [7, 11) is -5.44. The monoisotopic (exact) mass is 270 g/mol. The van der Waals surface area contributed by atoms with Crippen molar-refractivity contribution in [1.82, 2.24) is 0 Å². The Balaban J connectivity index is 0.000000160. The number of nitrogens with two attached hydrogens (primary N) is 2. The van der Waals surface area contributed by atoms with Gasteiger partial charge in [-0.15, -0.1) is 0 Å². The molecular weight excluding hydrogens is 252 g/mol. The molecule has 0 amide bonds. The van der Waals surface area contributed by atoms with Crippen LogP contribution >= 0.6 is 0 Å². The Bertz CT molecular complexity index is 387. The predicted octanol–water partition coefficient (Wildman–Crippen LogP) is -1.74. The number of hydrogen-bond acceptors (Lipinski definition) is 6. The van der Waals surface area contributed by atoms with Crippen LogP contribution in [0.15, 0.2) is 0 Å². The fraction of sp³-hybridized carbons (Fsp3) is 1.00. The van der Waals surface area contributed by atoms with Crippen molar-refractivity contribution in [2.45, 2.75) is 24.9 Å². The molecule has 2 atom stereocenters. The fourth-order valence-corrected chi connectivity index (χ4v) is 4.94. The number of rotatable bonds is 0. The van der Waals surface area contributed by atoms with Crippen molar-refractivity contribution in [2.24, 2.45) is 11.5 Å². The van der Waals surface area contributed by atoms with Crippen molar-refractivity contribution >= 4 is 19.7 Å². The van der Waals surface area contributed by atoms with E-state index in [9.17, 15) is 16.8 Å². The molecule has 2 saturated heterocycles. The maximum Gasteiger partial charge on any atom is 0.151 e. The van der Waals surface area contributed by atoms with Crippen LogP contribution in [0.1, 0.15) is 12.8 Å². The first-order valence-electron chi connectivity index (χ1n) is 5.12. The molecule has 2 rings (SSSR count). The van der Waals surface area contributed by atoms with Gasteiger partial charge >= 0.3 is 0 Å². The third-order valence-electron chi connectivity index (χ3n) is 2.54. The van der Waals surface area contributed by atoms with Gasteiger partial charge in [-0.25, -0.2) is 16.8 Å². The second-order valence-corrected chi connectivity index (χ2v) is 8.78. The largest absolute Gasteiger partial charge is 0.327 e. The lowest BCUT2D eigenvalue weighted by Gasteiger charge is -1.91. The summed E-state index contributed by atoms with van der Waals surface area (Å²) in [4.78, 5) is 0. The van der Waals surface area contributed by atoms with Crippen molar-refractivity contribution in [3.63, 3.8) is 0 Å². The third kappa shape index (κ3) is 4.77. The van der Waals surface area contributed by atoms with Crippen LogP contribution in [0.3, 0.4) is 0 Å². The first-order chi connectivity index (χ1) is 7.20. The summed E-state index contributed by atoms with van der Waals surface area (Å²) >= 11 is 0. The maximum atomic E-state index is 10.6. The molecule has 2 aliphatic rings. The van der Waals surface area contributed by atoms with E-state index in [2.05, 4.69) is 0 Å². The zero-order valence-electron chi connectivity index (χ0n) is 9.00. The van der Waals surface area contributed by atoms with E-state index < -0.39 is 19.7 Å². The van der Waals surface area contributed by atoms with Gasteiger partial charge in [0.25, 0.3) is 0 Å². The van der Waals surface area contributed by atoms with Gasteiger partial charge in [-0.2, -0.15) is 0 Å². The van der Waals surface area contributed by atoms with Gasteiger partial charge in [0, 0.05) is 12.1 Å². The molecule has 0 spiro atoms. The van der Waals surface area contributed by atoms with E-state index in [1.165, 1.54) is 0 Å². The summed E-state index contributed by atoms with van der Waals surface area (Å²) in [5, 5.41) is 0. The molecule has 2 aliphatic heterocycles. The summed E-state index contributed by atoms with van der Waals surface area (Å²) in [6.07, 6.45) is 1.28. The van der Waals surface area contributed by atoms with Gasteiger partial charge in [0.2, 0.25) is 0 Å². The average Bonchev–Trinajstić information content (AvgIpc) is 2.56. The molecule has 0 aromatic carbocycles. The highest BCUT2D eigenvalue weighted by molar-refractivity contribution is 7.91. The molecule has 0 aliphatic carbocycles. The van der Waals surface area contributed by atoms with Crippen LogP contribution in [0.2, 0.25) is 0 Å². The molecular formula is C8H18N2O4S2. The third-order valence-corrected chi connectivity index (χ3v) is 6.12. The summed E-state index contributed by atoms with van der Waals surface area (Å²) in [6.45, 7) is 0. The minimum Gasteiger partial charge on any atom is -0.327 e. The molecule has 4 N–H and O–H groups in total. The Kier molecular flexibility index (Phi) is 4.33. The summed E-state index contributed by atoms with van der Waals surface area (Å²) < 4.78 is 42.2. The van der Waals surface area contributed by atoms with E-state index in [1.54, 1.807) is 0 Å². The van der Waals surface area contributed by atoms with Crippen LogP contribution in [0.5, 0.6) is 0 Å². The Morgan fingerprint density at radius 2 is 1.06 bits per heavy atom. The highest BCUT2D eigenvalue weighted by atomic mass is 32.2. The van der Waals surface area contributed by atoms with E-state index in [0.717, 1.165) is 0 Å². The average molecular weight is 270 g/mol. The van der Waals surface area contributed by atoms with Crippen molar-refractivity contribution in [1.29, 1.82) is 0 Å². The van der Waals surface area contributed by atoms with Crippen molar-refractivity contribution in [2.75, 3.05) is 23.0 Å². The van der Waals surface area contributed by atoms with E-state index in [-0.39, 0.29) is 35.1 Å². The summed E-state index contributed by atoms with van der Waals surface area (Å²) in [5.41, 5.74) is 10.7. The molecule has 2 heterocycles. The second-order valence-electron chi connectivity index (χ2n) is 4.33. The lowest BCUT2D eigenvalue weighted by molar-refractivity contribution is 0.599.